The number of hydrogen-bond donors (Lipinski definition) is 1. The molecular formula is C12H23NO. The molecule has 1 saturated heterocycles. The zero-order valence-corrected chi connectivity index (χ0v) is 9.46. The highest BCUT2D eigenvalue weighted by atomic mass is 16.5. The van der Waals surface area contributed by atoms with E-state index in [1.807, 2.05) is 0 Å². The quantitative estimate of drug-likeness (QED) is 0.729. The van der Waals surface area contributed by atoms with Gasteiger partial charge in [0.05, 0.1) is 6.10 Å². The Morgan fingerprint density at radius 1 is 1.29 bits per heavy atom. The van der Waals surface area contributed by atoms with E-state index in [-0.39, 0.29) is 0 Å². The molecule has 0 aromatic carbocycles. The van der Waals surface area contributed by atoms with E-state index in [0.29, 0.717) is 6.10 Å². The Labute approximate surface area is 87.4 Å². The molecule has 2 atom stereocenters. The fourth-order valence-electron chi connectivity index (χ4n) is 2.26. The van der Waals surface area contributed by atoms with Gasteiger partial charge in [-0.2, -0.15) is 0 Å². The van der Waals surface area contributed by atoms with Gasteiger partial charge < -0.3 is 10.1 Å². The van der Waals surface area contributed by atoms with Gasteiger partial charge in [0.15, 0.2) is 0 Å². The molecule has 2 heteroatoms. The first-order chi connectivity index (χ1) is 6.75. The second-order valence-electron chi connectivity index (χ2n) is 5.27. The first-order valence-electron chi connectivity index (χ1n) is 6.10. The van der Waals surface area contributed by atoms with Gasteiger partial charge >= 0.3 is 0 Å². The molecule has 0 radical (unpaired) electrons. The topological polar surface area (TPSA) is 21.3 Å². The first kappa shape index (κ1) is 10.4. The highest BCUT2D eigenvalue weighted by Crippen LogP contribution is 2.27. The van der Waals surface area contributed by atoms with Crippen molar-refractivity contribution >= 4 is 0 Å². The molecule has 1 heterocycles. The Morgan fingerprint density at radius 3 is 2.71 bits per heavy atom. The molecule has 1 saturated carbocycles. The van der Waals surface area contributed by atoms with Crippen LogP contribution in [-0.2, 0) is 4.74 Å². The summed E-state index contributed by atoms with van der Waals surface area (Å²) in [5.41, 5.74) is 0. The van der Waals surface area contributed by atoms with Crippen molar-refractivity contribution in [3.05, 3.63) is 0 Å². The zero-order chi connectivity index (χ0) is 9.97. The van der Waals surface area contributed by atoms with Crippen LogP contribution < -0.4 is 5.32 Å². The highest BCUT2D eigenvalue weighted by molar-refractivity contribution is 4.85. The summed E-state index contributed by atoms with van der Waals surface area (Å²) < 4.78 is 5.79. The Bertz CT molecular complexity index is 177. The van der Waals surface area contributed by atoms with Crippen molar-refractivity contribution in [2.45, 2.75) is 51.7 Å². The van der Waals surface area contributed by atoms with Crippen LogP contribution in [0, 0.1) is 11.8 Å². The van der Waals surface area contributed by atoms with E-state index in [1.165, 1.54) is 32.2 Å². The Kier molecular flexibility index (Phi) is 3.45. The normalized spacial score (nSPS) is 32.8. The van der Waals surface area contributed by atoms with Gasteiger partial charge in [0.1, 0.15) is 0 Å². The first-order valence-corrected chi connectivity index (χ1v) is 6.10. The van der Waals surface area contributed by atoms with Crippen LogP contribution in [0.5, 0.6) is 0 Å². The van der Waals surface area contributed by atoms with Crippen molar-refractivity contribution < 1.29 is 4.74 Å². The van der Waals surface area contributed by atoms with Crippen molar-refractivity contribution in [3.63, 3.8) is 0 Å². The van der Waals surface area contributed by atoms with Gasteiger partial charge in [-0.1, -0.05) is 13.8 Å². The summed E-state index contributed by atoms with van der Waals surface area (Å²) in [6, 6.07) is 0.843. The molecule has 0 amide bonds. The minimum Gasteiger partial charge on any atom is -0.378 e. The average molecular weight is 197 g/mol. The minimum absolute atomic E-state index is 0.529. The van der Waals surface area contributed by atoms with Crippen LogP contribution >= 0.6 is 0 Å². The lowest BCUT2D eigenvalue weighted by Crippen LogP contribution is -2.30. The summed E-state index contributed by atoms with van der Waals surface area (Å²) in [7, 11) is 0. The van der Waals surface area contributed by atoms with Crippen LogP contribution in [0.2, 0.25) is 0 Å². The van der Waals surface area contributed by atoms with Crippen LogP contribution in [0.1, 0.15) is 39.5 Å². The molecule has 0 aromatic heterocycles. The summed E-state index contributed by atoms with van der Waals surface area (Å²) in [5.74, 6) is 1.54. The lowest BCUT2D eigenvalue weighted by molar-refractivity contribution is 0.0729. The average Bonchev–Trinajstić information content (AvgIpc) is 2.85. The lowest BCUT2D eigenvalue weighted by atomic mass is 9.94. The Morgan fingerprint density at radius 2 is 2.07 bits per heavy atom. The van der Waals surface area contributed by atoms with Gasteiger partial charge in [0, 0.05) is 19.2 Å². The molecule has 2 nitrogen and oxygen atoms in total. The molecule has 1 N–H and O–H groups in total. The molecular weight excluding hydrogens is 174 g/mol. The summed E-state index contributed by atoms with van der Waals surface area (Å²) in [6.07, 6.45) is 5.81. The SMILES string of the molecule is CC(C)CC1OCCC1CNC1CC1. The maximum Gasteiger partial charge on any atom is 0.0618 e. The summed E-state index contributed by atoms with van der Waals surface area (Å²) in [4.78, 5) is 0. The predicted molar refractivity (Wildman–Crippen MR) is 58.3 cm³/mol. The van der Waals surface area contributed by atoms with E-state index in [9.17, 15) is 0 Å². The van der Waals surface area contributed by atoms with E-state index in [4.69, 9.17) is 4.74 Å². The van der Waals surface area contributed by atoms with E-state index in [0.717, 1.165) is 24.5 Å². The molecule has 1 aliphatic carbocycles. The molecule has 0 spiro atoms. The van der Waals surface area contributed by atoms with E-state index in [2.05, 4.69) is 19.2 Å². The standard InChI is InChI=1S/C12H23NO/c1-9(2)7-12-10(5-6-14-12)8-13-11-3-4-11/h9-13H,3-8H2,1-2H3. The number of nitrogens with one attached hydrogen (secondary N) is 1. The van der Waals surface area contributed by atoms with Gasteiger partial charge in [-0.3, -0.25) is 0 Å². The Balaban J connectivity index is 1.71. The molecule has 2 fully saturated rings. The number of ether oxygens (including phenoxy) is 1. The molecule has 14 heavy (non-hydrogen) atoms. The van der Waals surface area contributed by atoms with E-state index >= 15 is 0 Å². The zero-order valence-electron chi connectivity index (χ0n) is 9.46. The Hall–Kier alpha value is -0.0800. The molecule has 0 bridgehead atoms. The van der Waals surface area contributed by atoms with E-state index < -0.39 is 0 Å². The molecule has 82 valence electrons. The molecule has 2 unspecified atom stereocenters. The molecule has 0 aromatic rings. The van der Waals surface area contributed by atoms with Crippen LogP contribution in [0.25, 0.3) is 0 Å². The smallest absolute Gasteiger partial charge is 0.0618 e. The largest absolute Gasteiger partial charge is 0.378 e. The summed E-state index contributed by atoms with van der Waals surface area (Å²) >= 11 is 0. The second kappa shape index (κ2) is 4.63. The molecule has 2 rings (SSSR count). The molecule has 2 aliphatic rings. The highest BCUT2D eigenvalue weighted by Gasteiger charge is 2.30. The van der Waals surface area contributed by atoms with Crippen molar-refractivity contribution in [3.8, 4) is 0 Å². The maximum atomic E-state index is 5.79. The van der Waals surface area contributed by atoms with Crippen LogP contribution in [-0.4, -0.2) is 25.3 Å². The predicted octanol–water partition coefficient (Wildman–Crippen LogP) is 2.19. The van der Waals surface area contributed by atoms with Crippen molar-refractivity contribution in [1.82, 2.24) is 5.32 Å². The summed E-state index contributed by atoms with van der Waals surface area (Å²) in [5, 5.41) is 3.62. The third kappa shape index (κ3) is 2.96. The second-order valence-corrected chi connectivity index (χ2v) is 5.27. The molecule has 1 aliphatic heterocycles. The fourth-order valence-corrected chi connectivity index (χ4v) is 2.26. The van der Waals surface area contributed by atoms with Crippen LogP contribution in [0.4, 0.5) is 0 Å². The summed E-state index contributed by atoms with van der Waals surface area (Å²) in [6.45, 7) is 6.73. The van der Waals surface area contributed by atoms with Crippen LogP contribution in [0.3, 0.4) is 0 Å². The van der Waals surface area contributed by atoms with Crippen molar-refractivity contribution in [2.24, 2.45) is 11.8 Å². The van der Waals surface area contributed by atoms with Gasteiger partial charge in [-0.15, -0.1) is 0 Å². The fraction of sp³-hybridized carbons (Fsp3) is 1.00. The monoisotopic (exact) mass is 197 g/mol. The maximum absolute atomic E-state index is 5.79. The van der Waals surface area contributed by atoms with Gasteiger partial charge in [-0.05, 0) is 37.5 Å². The van der Waals surface area contributed by atoms with E-state index in [1.54, 1.807) is 0 Å². The van der Waals surface area contributed by atoms with Gasteiger partial charge in [0.2, 0.25) is 0 Å². The van der Waals surface area contributed by atoms with Crippen molar-refractivity contribution in [2.75, 3.05) is 13.2 Å². The van der Waals surface area contributed by atoms with Crippen molar-refractivity contribution in [1.29, 1.82) is 0 Å². The lowest BCUT2D eigenvalue weighted by Gasteiger charge is -2.20. The third-order valence-electron chi connectivity index (χ3n) is 3.30. The van der Waals surface area contributed by atoms with Gasteiger partial charge in [-0.25, -0.2) is 0 Å². The van der Waals surface area contributed by atoms with Crippen LogP contribution in [0.15, 0.2) is 0 Å². The minimum atomic E-state index is 0.529. The number of rotatable bonds is 5. The third-order valence-corrected chi connectivity index (χ3v) is 3.30. The van der Waals surface area contributed by atoms with Gasteiger partial charge in [0.25, 0.3) is 0 Å². The number of hydrogen-bond acceptors (Lipinski definition) is 2.